The van der Waals surface area contributed by atoms with Gasteiger partial charge in [0.2, 0.25) is 5.91 Å². The van der Waals surface area contributed by atoms with E-state index in [-0.39, 0.29) is 18.0 Å². The van der Waals surface area contributed by atoms with Crippen LogP contribution in [0.5, 0.6) is 0 Å². The highest BCUT2D eigenvalue weighted by Crippen LogP contribution is 2.20. The molecule has 1 amide bonds. The minimum atomic E-state index is -1.23. The second-order valence-electron chi connectivity index (χ2n) is 3.50. The Labute approximate surface area is 97.8 Å². The Kier molecular flexibility index (Phi) is 4.03. The molecule has 0 saturated carbocycles. The number of hydrogen-bond acceptors (Lipinski definition) is 3. The average Bonchev–Trinajstić information content (AvgIpc) is 2.28. The van der Waals surface area contributed by atoms with Crippen molar-refractivity contribution in [2.24, 2.45) is 0 Å². The lowest BCUT2D eigenvalue weighted by Crippen LogP contribution is -2.33. The first-order valence-corrected chi connectivity index (χ1v) is 4.90. The summed E-state index contributed by atoms with van der Waals surface area (Å²) in [5.74, 6) is -2.11. The van der Waals surface area contributed by atoms with Gasteiger partial charge in [0.25, 0.3) is 0 Å². The van der Waals surface area contributed by atoms with Gasteiger partial charge in [0.05, 0.1) is 17.8 Å². The Morgan fingerprint density at radius 3 is 2.65 bits per heavy atom. The van der Waals surface area contributed by atoms with Crippen LogP contribution < -0.4 is 10.2 Å². The third-order valence-corrected chi connectivity index (χ3v) is 2.26. The molecule has 5 nitrogen and oxygen atoms in total. The van der Waals surface area contributed by atoms with Crippen molar-refractivity contribution in [3.8, 4) is 0 Å². The maximum atomic E-state index is 12.9. The Morgan fingerprint density at radius 2 is 2.12 bits per heavy atom. The molecule has 1 aromatic carbocycles. The van der Waals surface area contributed by atoms with Crippen LogP contribution in [-0.4, -0.2) is 37.6 Å². The lowest BCUT2D eigenvalue weighted by atomic mass is 10.1. The van der Waals surface area contributed by atoms with Crippen molar-refractivity contribution in [2.45, 2.75) is 0 Å². The number of carbonyl (C=O) groups excluding carboxylic acids is 1. The Hall–Kier alpha value is -2.11. The van der Waals surface area contributed by atoms with Crippen molar-refractivity contribution in [1.29, 1.82) is 0 Å². The summed E-state index contributed by atoms with van der Waals surface area (Å²) < 4.78 is 12.9. The molecule has 0 heterocycles. The number of rotatable bonds is 4. The molecule has 1 aromatic rings. The van der Waals surface area contributed by atoms with E-state index in [9.17, 15) is 14.0 Å². The van der Waals surface area contributed by atoms with Crippen molar-refractivity contribution in [3.63, 3.8) is 0 Å². The third-order valence-electron chi connectivity index (χ3n) is 2.26. The van der Waals surface area contributed by atoms with Crippen LogP contribution in [0.2, 0.25) is 0 Å². The molecule has 17 heavy (non-hydrogen) atoms. The standard InChI is InChI=1S/C11H13FN2O3/c1-13-10(15)6-14(2)9-4-3-7(12)5-8(9)11(16)17/h3-5H,6H2,1-2H3,(H,13,15)(H,16,17). The van der Waals surface area contributed by atoms with E-state index in [0.717, 1.165) is 12.1 Å². The van der Waals surface area contributed by atoms with E-state index in [2.05, 4.69) is 5.32 Å². The van der Waals surface area contributed by atoms with Crippen LogP contribution in [0.15, 0.2) is 18.2 Å². The number of carboxylic acid groups (broad SMARTS) is 1. The average molecular weight is 240 g/mol. The molecule has 0 bridgehead atoms. The normalized spacial score (nSPS) is 9.82. The molecular weight excluding hydrogens is 227 g/mol. The zero-order valence-corrected chi connectivity index (χ0v) is 9.53. The second-order valence-corrected chi connectivity index (χ2v) is 3.50. The van der Waals surface area contributed by atoms with Crippen molar-refractivity contribution < 1.29 is 19.1 Å². The van der Waals surface area contributed by atoms with Crippen LogP contribution in [0.4, 0.5) is 10.1 Å². The van der Waals surface area contributed by atoms with Gasteiger partial charge >= 0.3 is 5.97 Å². The first-order chi connectivity index (χ1) is 7.95. The number of nitrogens with one attached hydrogen (secondary N) is 1. The number of benzene rings is 1. The van der Waals surface area contributed by atoms with E-state index in [1.165, 1.54) is 18.0 Å². The highest BCUT2D eigenvalue weighted by molar-refractivity contribution is 5.95. The maximum absolute atomic E-state index is 12.9. The Balaban J connectivity index is 3.04. The number of likely N-dealkylation sites (N-methyl/N-ethyl adjacent to an activating group) is 2. The monoisotopic (exact) mass is 240 g/mol. The molecule has 0 saturated heterocycles. The van der Waals surface area contributed by atoms with Crippen molar-refractivity contribution in [2.75, 3.05) is 25.5 Å². The van der Waals surface area contributed by atoms with Gasteiger partial charge in [-0.3, -0.25) is 4.79 Å². The largest absolute Gasteiger partial charge is 0.478 e. The molecule has 1 rings (SSSR count). The molecule has 0 aliphatic rings. The molecule has 0 unspecified atom stereocenters. The summed E-state index contributed by atoms with van der Waals surface area (Å²) >= 11 is 0. The van der Waals surface area contributed by atoms with Crippen LogP contribution in [0.25, 0.3) is 0 Å². The lowest BCUT2D eigenvalue weighted by molar-refractivity contribution is -0.119. The van der Waals surface area contributed by atoms with Gasteiger partial charge in [0, 0.05) is 14.1 Å². The first kappa shape index (κ1) is 13.0. The molecule has 0 aliphatic carbocycles. The van der Waals surface area contributed by atoms with Gasteiger partial charge in [-0.15, -0.1) is 0 Å². The number of halogens is 1. The molecule has 92 valence electrons. The van der Waals surface area contributed by atoms with Crippen LogP contribution in [0.1, 0.15) is 10.4 Å². The van der Waals surface area contributed by atoms with Gasteiger partial charge in [-0.2, -0.15) is 0 Å². The number of carbonyl (C=O) groups is 2. The predicted molar refractivity (Wildman–Crippen MR) is 60.7 cm³/mol. The molecular formula is C11H13FN2O3. The summed E-state index contributed by atoms with van der Waals surface area (Å²) in [7, 11) is 3.05. The summed E-state index contributed by atoms with van der Waals surface area (Å²) in [5.41, 5.74) is 0.124. The molecule has 6 heteroatoms. The first-order valence-electron chi connectivity index (χ1n) is 4.90. The van der Waals surface area contributed by atoms with E-state index < -0.39 is 11.8 Å². The van der Waals surface area contributed by atoms with E-state index >= 15 is 0 Å². The van der Waals surface area contributed by atoms with Gasteiger partial charge in [-0.1, -0.05) is 0 Å². The van der Waals surface area contributed by atoms with E-state index in [4.69, 9.17) is 5.11 Å². The van der Waals surface area contributed by atoms with Crippen molar-refractivity contribution in [1.82, 2.24) is 5.32 Å². The molecule has 0 fully saturated rings. The van der Waals surface area contributed by atoms with E-state index in [0.29, 0.717) is 5.69 Å². The fourth-order valence-electron chi connectivity index (χ4n) is 1.39. The Morgan fingerprint density at radius 1 is 1.47 bits per heavy atom. The van der Waals surface area contributed by atoms with E-state index in [1.807, 2.05) is 0 Å². The fourth-order valence-corrected chi connectivity index (χ4v) is 1.39. The van der Waals surface area contributed by atoms with Gasteiger partial charge in [-0.05, 0) is 18.2 Å². The number of amides is 1. The van der Waals surface area contributed by atoms with Crippen LogP contribution in [0, 0.1) is 5.82 Å². The third kappa shape index (κ3) is 3.17. The number of carboxylic acids is 1. The molecule has 0 radical (unpaired) electrons. The van der Waals surface area contributed by atoms with Crippen molar-refractivity contribution >= 4 is 17.6 Å². The molecule has 2 N–H and O–H groups in total. The number of anilines is 1. The molecule has 0 spiro atoms. The van der Waals surface area contributed by atoms with Gasteiger partial charge in [0.15, 0.2) is 0 Å². The summed E-state index contributed by atoms with van der Waals surface area (Å²) in [6.07, 6.45) is 0. The molecule has 0 atom stereocenters. The summed E-state index contributed by atoms with van der Waals surface area (Å²) in [6, 6.07) is 3.42. The van der Waals surface area contributed by atoms with Crippen molar-refractivity contribution in [3.05, 3.63) is 29.6 Å². The van der Waals surface area contributed by atoms with Crippen LogP contribution in [0.3, 0.4) is 0 Å². The molecule has 0 aliphatic heterocycles. The van der Waals surface area contributed by atoms with Crippen LogP contribution >= 0.6 is 0 Å². The topological polar surface area (TPSA) is 69.6 Å². The highest BCUT2D eigenvalue weighted by atomic mass is 19.1. The SMILES string of the molecule is CNC(=O)CN(C)c1ccc(F)cc1C(=O)O. The zero-order chi connectivity index (χ0) is 13.0. The smallest absolute Gasteiger partial charge is 0.337 e. The number of hydrogen-bond donors (Lipinski definition) is 2. The fraction of sp³-hybridized carbons (Fsp3) is 0.273. The number of nitrogens with zero attached hydrogens (tertiary/aromatic N) is 1. The van der Waals surface area contributed by atoms with Gasteiger partial charge in [-0.25, -0.2) is 9.18 Å². The number of aromatic carboxylic acids is 1. The molecule has 0 aromatic heterocycles. The highest BCUT2D eigenvalue weighted by Gasteiger charge is 2.15. The van der Waals surface area contributed by atoms with E-state index in [1.54, 1.807) is 7.05 Å². The Bertz CT molecular complexity index is 448. The quantitative estimate of drug-likeness (QED) is 0.813. The van der Waals surface area contributed by atoms with Gasteiger partial charge < -0.3 is 15.3 Å². The predicted octanol–water partition coefficient (Wildman–Crippen LogP) is 0.706. The van der Waals surface area contributed by atoms with Crippen LogP contribution in [-0.2, 0) is 4.79 Å². The second kappa shape index (κ2) is 5.29. The zero-order valence-electron chi connectivity index (χ0n) is 9.53. The minimum Gasteiger partial charge on any atom is -0.478 e. The lowest BCUT2D eigenvalue weighted by Gasteiger charge is -2.20. The summed E-state index contributed by atoms with van der Waals surface area (Å²) in [5, 5.41) is 11.4. The summed E-state index contributed by atoms with van der Waals surface area (Å²) in [6.45, 7) is 0.00239. The minimum absolute atomic E-state index is 0.00239. The summed E-state index contributed by atoms with van der Waals surface area (Å²) in [4.78, 5) is 23.6. The maximum Gasteiger partial charge on any atom is 0.337 e. The van der Waals surface area contributed by atoms with Gasteiger partial charge in [0.1, 0.15) is 5.82 Å².